The summed E-state index contributed by atoms with van der Waals surface area (Å²) in [4.78, 5) is 4.84. The van der Waals surface area contributed by atoms with Crippen molar-refractivity contribution in [1.29, 1.82) is 0 Å². The molecule has 3 heterocycles. The third kappa shape index (κ3) is 2.43. The lowest BCUT2D eigenvalue weighted by molar-refractivity contribution is 0.0721. The molecule has 0 atom stereocenters. The van der Waals surface area contributed by atoms with Crippen LogP contribution in [0.1, 0.15) is 62.7 Å². The molecule has 106 valence electrons. The number of fused-ring (bicyclic) bond motifs is 1. The minimum atomic E-state index is -0.835. The zero-order chi connectivity index (χ0) is 13.5. The minimum Gasteiger partial charge on any atom is -0.384 e. The number of nitrogens with zero attached hydrogens (tertiary/aromatic N) is 2. The van der Waals surface area contributed by atoms with E-state index in [9.17, 15) is 5.11 Å². The van der Waals surface area contributed by atoms with Crippen LogP contribution >= 0.6 is 0 Å². The van der Waals surface area contributed by atoms with Gasteiger partial charge >= 0.3 is 0 Å². The van der Waals surface area contributed by atoms with Gasteiger partial charge in [0, 0.05) is 31.4 Å². The van der Waals surface area contributed by atoms with E-state index in [1.54, 1.807) is 0 Å². The van der Waals surface area contributed by atoms with Crippen molar-refractivity contribution in [3.8, 4) is 0 Å². The van der Waals surface area contributed by atoms with Crippen molar-refractivity contribution >= 4 is 0 Å². The Morgan fingerprint density at radius 2 is 2.00 bits per heavy atom. The van der Waals surface area contributed by atoms with Crippen LogP contribution in [0.4, 0.5) is 0 Å². The Bertz CT molecular complexity index is 453. The topological polar surface area (TPSA) is 47.3 Å². The lowest BCUT2D eigenvalue weighted by atomic mass is 9.98. The summed E-state index contributed by atoms with van der Waals surface area (Å²) < 4.78 is 7.83. The number of hydrogen-bond donors (Lipinski definition) is 1. The summed E-state index contributed by atoms with van der Waals surface area (Å²) in [6.45, 7) is 6.43. The Kier molecular flexibility index (Phi) is 3.39. The van der Waals surface area contributed by atoms with Gasteiger partial charge in [-0.25, -0.2) is 4.98 Å². The van der Waals surface area contributed by atoms with E-state index in [-0.39, 0.29) is 0 Å². The molecule has 0 saturated carbocycles. The minimum absolute atomic E-state index is 0.502. The van der Waals surface area contributed by atoms with Gasteiger partial charge in [0.25, 0.3) is 0 Å². The van der Waals surface area contributed by atoms with Crippen LogP contribution in [0.5, 0.6) is 0 Å². The molecule has 4 heteroatoms. The number of imidazole rings is 1. The third-order valence-corrected chi connectivity index (χ3v) is 4.31. The van der Waals surface area contributed by atoms with Crippen molar-refractivity contribution in [2.75, 3.05) is 13.2 Å². The highest BCUT2D eigenvalue weighted by atomic mass is 16.5. The SMILES string of the molecule is CC(C)(O)c1nc(C2CCOCC2)n2c1CCCC2. The van der Waals surface area contributed by atoms with Crippen LogP contribution in [0.15, 0.2) is 0 Å². The molecule has 19 heavy (non-hydrogen) atoms. The number of ether oxygens (including phenoxy) is 1. The summed E-state index contributed by atoms with van der Waals surface area (Å²) in [5.74, 6) is 1.69. The largest absolute Gasteiger partial charge is 0.384 e. The normalized spacial score (nSPS) is 21.4. The molecule has 2 aliphatic heterocycles. The van der Waals surface area contributed by atoms with Crippen molar-refractivity contribution in [3.63, 3.8) is 0 Å². The fourth-order valence-corrected chi connectivity index (χ4v) is 3.33. The number of hydrogen-bond acceptors (Lipinski definition) is 3. The zero-order valence-electron chi connectivity index (χ0n) is 12.0. The quantitative estimate of drug-likeness (QED) is 0.892. The predicted octanol–water partition coefficient (Wildman–Crippen LogP) is 2.34. The fourth-order valence-electron chi connectivity index (χ4n) is 3.33. The van der Waals surface area contributed by atoms with Crippen molar-refractivity contribution in [2.45, 2.75) is 64.0 Å². The Hall–Kier alpha value is -0.870. The van der Waals surface area contributed by atoms with Gasteiger partial charge in [-0.3, -0.25) is 0 Å². The van der Waals surface area contributed by atoms with E-state index in [1.165, 1.54) is 24.4 Å². The van der Waals surface area contributed by atoms with Crippen LogP contribution in [0.2, 0.25) is 0 Å². The lowest BCUT2D eigenvalue weighted by Crippen LogP contribution is -2.21. The second kappa shape index (κ2) is 4.91. The van der Waals surface area contributed by atoms with Crippen molar-refractivity contribution in [1.82, 2.24) is 9.55 Å². The van der Waals surface area contributed by atoms with Gasteiger partial charge in [0.15, 0.2) is 0 Å². The van der Waals surface area contributed by atoms with E-state index < -0.39 is 5.60 Å². The Balaban J connectivity index is 2.01. The summed E-state index contributed by atoms with van der Waals surface area (Å²) in [6.07, 6.45) is 5.60. The molecule has 1 N–H and O–H groups in total. The van der Waals surface area contributed by atoms with Gasteiger partial charge < -0.3 is 14.4 Å². The predicted molar refractivity (Wildman–Crippen MR) is 73.2 cm³/mol. The first-order valence-electron chi connectivity index (χ1n) is 7.47. The van der Waals surface area contributed by atoms with Gasteiger partial charge in [0.1, 0.15) is 11.4 Å². The fraction of sp³-hybridized carbons (Fsp3) is 0.800. The van der Waals surface area contributed by atoms with Gasteiger partial charge in [-0.15, -0.1) is 0 Å². The van der Waals surface area contributed by atoms with Crippen molar-refractivity contribution < 1.29 is 9.84 Å². The molecule has 1 fully saturated rings. The molecule has 1 aromatic heterocycles. The van der Waals surface area contributed by atoms with Crippen LogP contribution in [0, 0.1) is 0 Å². The summed E-state index contributed by atoms with van der Waals surface area (Å²) in [6, 6.07) is 0. The molecule has 4 nitrogen and oxygen atoms in total. The Labute approximate surface area is 114 Å². The molecule has 0 spiro atoms. The van der Waals surface area contributed by atoms with E-state index in [1.807, 2.05) is 13.8 Å². The molecule has 0 radical (unpaired) electrons. The first kappa shape index (κ1) is 13.1. The first-order valence-corrected chi connectivity index (χ1v) is 7.47. The number of aromatic nitrogens is 2. The molecule has 1 saturated heterocycles. The van der Waals surface area contributed by atoms with Crippen LogP contribution in [0.3, 0.4) is 0 Å². The summed E-state index contributed by atoms with van der Waals surface area (Å²) >= 11 is 0. The summed E-state index contributed by atoms with van der Waals surface area (Å²) in [7, 11) is 0. The maximum atomic E-state index is 10.4. The highest BCUT2D eigenvalue weighted by molar-refractivity contribution is 5.25. The van der Waals surface area contributed by atoms with Crippen LogP contribution in [0.25, 0.3) is 0 Å². The second-order valence-corrected chi connectivity index (χ2v) is 6.32. The summed E-state index contributed by atoms with van der Waals surface area (Å²) in [5, 5.41) is 10.4. The maximum absolute atomic E-state index is 10.4. The number of rotatable bonds is 2. The molecule has 0 bridgehead atoms. The smallest absolute Gasteiger partial charge is 0.112 e. The Morgan fingerprint density at radius 1 is 1.26 bits per heavy atom. The second-order valence-electron chi connectivity index (χ2n) is 6.32. The molecule has 0 aromatic carbocycles. The summed E-state index contributed by atoms with van der Waals surface area (Å²) in [5.41, 5.74) is 1.33. The molecule has 0 amide bonds. The van der Waals surface area contributed by atoms with Gasteiger partial charge in [0.2, 0.25) is 0 Å². The average Bonchev–Trinajstić information content (AvgIpc) is 2.79. The standard InChI is InChI=1S/C15H24N2O2/c1-15(2,18)13-12-5-3-4-8-17(12)14(16-13)11-6-9-19-10-7-11/h11,18H,3-10H2,1-2H3. The maximum Gasteiger partial charge on any atom is 0.112 e. The lowest BCUT2D eigenvalue weighted by Gasteiger charge is -2.25. The van der Waals surface area contributed by atoms with Crippen LogP contribution in [-0.4, -0.2) is 27.9 Å². The van der Waals surface area contributed by atoms with E-state index >= 15 is 0 Å². The molecule has 1 aromatic rings. The zero-order valence-corrected chi connectivity index (χ0v) is 12.0. The highest BCUT2D eigenvalue weighted by Gasteiger charge is 2.31. The molecule has 0 aliphatic carbocycles. The highest BCUT2D eigenvalue weighted by Crippen LogP contribution is 2.34. The van der Waals surface area contributed by atoms with Crippen molar-refractivity contribution in [2.24, 2.45) is 0 Å². The third-order valence-electron chi connectivity index (χ3n) is 4.31. The molecular weight excluding hydrogens is 240 g/mol. The van der Waals surface area contributed by atoms with E-state index in [0.717, 1.165) is 44.7 Å². The van der Waals surface area contributed by atoms with Crippen LogP contribution < -0.4 is 0 Å². The molecule has 0 unspecified atom stereocenters. The number of aliphatic hydroxyl groups is 1. The van der Waals surface area contributed by atoms with Gasteiger partial charge in [-0.1, -0.05) is 0 Å². The molecule has 2 aliphatic rings. The van der Waals surface area contributed by atoms with Crippen LogP contribution in [-0.2, 0) is 23.3 Å². The molecular formula is C15H24N2O2. The van der Waals surface area contributed by atoms with E-state index in [0.29, 0.717) is 5.92 Å². The monoisotopic (exact) mass is 264 g/mol. The van der Waals surface area contributed by atoms with Gasteiger partial charge in [-0.05, 0) is 46.0 Å². The van der Waals surface area contributed by atoms with Crippen molar-refractivity contribution in [3.05, 3.63) is 17.2 Å². The van der Waals surface area contributed by atoms with E-state index in [2.05, 4.69) is 4.57 Å². The average molecular weight is 264 g/mol. The van der Waals surface area contributed by atoms with Gasteiger partial charge in [-0.2, -0.15) is 0 Å². The van der Waals surface area contributed by atoms with E-state index in [4.69, 9.17) is 9.72 Å². The Morgan fingerprint density at radius 3 is 2.68 bits per heavy atom. The van der Waals surface area contributed by atoms with Gasteiger partial charge in [0.05, 0.1) is 5.69 Å². The first-order chi connectivity index (χ1) is 9.07. The molecule has 3 rings (SSSR count).